The van der Waals surface area contributed by atoms with Crippen LogP contribution in [-0.2, 0) is 0 Å². The Morgan fingerprint density at radius 3 is 2.62 bits per heavy atom. The van der Waals surface area contributed by atoms with Crippen LogP contribution in [0.25, 0.3) is 0 Å². The van der Waals surface area contributed by atoms with Gasteiger partial charge in [0.2, 0.25) is 0 Å². The van der Waals surface area contributed by atoms with Gasteiger partial charge >= 0.3 is 0 Å². The summed E-state index contributed by atoms with van der Waals surface area (Å²) in [4.78, 5) is 4.80. The number of halogens is 2. The van der Waals surface area contributed by atoms with E-state index in [2.05, 4.69) is 23.8 Å². The molecular weight excluding hydrogens is 289 g/mol. The zero-order valence-corrected chi connectivity index (χ0v) is 13.6. The molecule has 1 atom stereocenters. The third-order valence-corrected chi connectivity index (χ3v) is 4.91. The van der Waals surface area contributed by atoms with Crippen LogP contribution in [0.2, 0.25) is 5.02 Å². The zero-order valence-electron chi connectivity index (χ0n) is 12.9. The molecule has 0 bridgehead atoms. The van der Waals surface area contributed by atoms with Gasteiger partial charge in [0.25, 0.3) is 0 Å². The standard InChI is InChI=1S/C16H25ClFN3/c1-3-21-8-6-13(7-9-21)20(2)16(11-19)12-4-5-15(18)14(17)10-12/h4-5,10,13,16H,3,6-9,11,19H2,1-2H3. The van der Waals surface area contributed by atoms with Crippen molar-refractivity contribution in [1.29, 1.82) is 0 Å². The fourth-order valence-corrected chi connectivity index (χ4v) is 3.34. The lowest BCUT2D eigenvalue weighted by Crippen LogP contribution is -2.45. The lowest BCUT2D eigenvalue weighted by atomic mass is 9.98. The van der Waals surface area contributed by atoms with Crippen molar-refractivity contribution in [3.05, 3.63) is 34.6 Å². The first-order valence-corrected chi connectivity index (χ1v) is 8.04. The Hall–Kier alpha value is -0.680. The molecule has 0 aliphatic carbocycles. The van der Waals surface area contributed by atoms with Crippen molar-refractivity contribution in [3.63, 3.8) is 0 Å². The van der Waals surface area contributed by atoms with E-state index in [0.717, 1.165) is 38.0 Å². The summed E-state index contributed by atoms with van der Waals surface area (Å²) in [6, 6.07) is 5.52. The molecule has 2 N–H and O–H groups in total. The van der Waals surface area contributed by atoms with Crippen LogP contribution in [-0.4, -0.2) is 49.1 Å². The molecule has 1 heterocycles. The molecule has 0 saturated carbocycles. The molecular formula is C16H25ClFN3. The highest BCUT2D eigenvalue weighted by atomic mass is 35.5. The summed E-state index contributed by atoms with van der Waals surface area (Å²) in [7, 11) is 2.11. The Kier molecular flexibility index (Phi) is 5.99. The van der Waals surface area contributed by atoms with Gasteiger partial charge in [-0.2, -0.15) is 0 Å². The summed E-state index contributed by atoms with van der Waals surface area (Å²) in [5, 5.41) is 0.167. The second kappa shape index (κ2) is 7.54. The highest BCUT2D eigenvalue weighted by Gasteiger charge is 2.27. The largest absolute Gasteiger partial charge is 0.329 e. The van der Waals surface area contributed by atoms with Crippen LogP contribution in [0.4, 0.5) is 4.39 Å². The predicted molar refractivity (Wildman–Crippen MR) is 86.1 cm³/mol. The molecule has 0 radical (unpaired) electrons. The van der Waals surface area contributed by atoms with Crippen molar-refractivity contribution < 1.29 is 4.39 Å². The summed E-state index contributed by atoms with van der Waals surface area (Å²) in [5.41, 5.74) is 6.96. The average Bonchev–Trinajstić information content (AvgIpc) is 2.51. The monoisotopic (exact) mass is 313 g/mol. The Balaban J connectivity index is 2.08. The SMILES string of the molecule is CCN1CCC(N(C)C(CN)c2ccc(F)c(Cl)c2)CC1. The summed E-state index contributed by atoms with van der Waals surface area (Å²) >= 11 is 5.90. The first kappa shape index (κ1) is 16.7. The van der Waals surface area contributed by atoms with E-state index < -0.39 is 0 Å². The highest BCUT2D eigenvalue weighted by Crippen LogP contribution is 2.28. The van der Waals surface area contributed by atoms with Crippen LogP contribution in [0, 0.1) is 5.82 Å². The van der Waals surface area contributed by atoms with Crippen LogP contribution in [0.1, 0.15) is 31.4 Å². The van der Waals surface area contributed by atoms with Crippen molar-refractivity contribution in [1.82, 2.24) is 9.80 Å². The van der Waals surface area contributed by atoms with Gasteiger partial charge in [-0.05, 0) is 57.2 Å². The number of hydrogen-bond donors (Lipinski definition) is 1. The Morgan fingerprint density at radius 2 is 2.10 bits per heavy atom. The first-order chi connectivity index (χ1) is 10.1. The lowest BCUT2D eigenvalue weighted by Gasteiger charge is -2.40. The Morgan fingerprint density at radius 1 is 1.43 bits per heavy atom. The van der Waals surface area contributed by atoms with E-state index in [9.17, 15) is 4.39 Å². The summed E-state index contributed by atoms with van der Waals surface area (Å²) in [6.45, 7) is 6.09. The molecule has 2 rings (SSSR count). The lowest BCUT2D eigenvalue weighted by molar-refractivity contribution is 0.101. The number of benzene rings is 1. The maximum Gasteiger partial charge on any atom is 0.141 e. The van der Waals surface area contributed by atoms with E-state index in [0.29, 0.717) is 12.6 Å². The molecule has 0 amide bonds. The van der Waals surface area contributed by atoms with E-state index >= 15 is 0 Å². The van der Waals surface area contributed by atoms with Gasteiger partial charge in [0.05, 0.1) is 5.02 Å². The number of likely N-dealkylation sites (N-methyl/N-ethyl adjacent to an activating group) is 1. The van der Waals surface area contributed by atoms with Crippen molar-refractivity contribution in [2.45, 2.75) is 31.8 Å². The molecule has 118 valence electrons. The number of likely N-dealkylation sites (tertiary alicyclic amines) is 1. The van der Waals surface area contributed by atoms with E-state index in [-0.39, 0.29) is 16.9 Å². The second-order valence-electron chi connectivity index (χ2n) is 5.76. The number of rotatable bonds is 5. The fraction of sp³-hybridized carbons (Fsp3) is 0.625. The van der Waals surface area contributed by atoms with Gasteiger partial charge in [-0.3, -0.25) is 4.90 Å². The summed E-state index contributed by atoms with van der Waals surface area (Å²) in [6.07, 6.45) is 2.30. The molecule has 1 aromatic carbocycles. The fourth-order valence-electron chi connectivity index (χ4n) is 3.15. The molecule has 1 aliphatic heterocycles. The maximum atomic E-state index is 13.3. The van der Waals surface area contributed by atoms with Gasteiger partial charge in [-0.1, -0.05) is 24.6 Å². The summed E-state index contributed by atoms with van der Waals surface area (Å²) < 4.78 is 13.3. The van der Waals surface area contributed by atoms with Crippen LogP contribution in [0.5, 0.6) is 0 Å². The topological polar surface area (TPSA) is 32.5 Å². The number of nitrogens with two attached hydrogens (primary N) is 1. The minimum atomic E-state index is -0.380. The van der Waals surface area contributed by atoms with Crippen LogP contribution in [0.3, 0.4) is 0 Å². The van der Waals surface area contributed by atoms with Gasteiger partial charge in [0, 0.05) is 18.6 Å². The minimum Gasteiger partial charge on any atom is -0.329 e. The van der Waals surface area contributed by atoms with Crippen LogP contribution >= 0.6 is 11.6 Å². The van der Waals surface area contributed by atoms with Crippen molar-refractivity contribution in [2.75, 3.05) is 33.2 Å². The molecule has 1 aliphatic rings. The van der Waals surface area contributed by atoms with E-state index in [1.807, 2.05) is 0 Å². The van der Waals surface area contributed by atoms with Gasteiger partial charge in [0.15, 0.2) is 0 Å². The quantitative estimate of drug-likeness (QED) is 0.907. The third kappa shape index (κ3) is 3.95. The van der Waals surface area contributed by atoms with Crippen molar-refractivity contribution in [3.8, 4) is 0 Å². The minimum absolute atomic E-state index is 0.0845. The molecule has 3 nitrogen and oxygen atoms in total. The highest BCUT2D eigenvalue weighted by molar-refractivity contribution is 6.30. The van der Waals surface area contributed by atoms with Gasteiger partial charge in [-0.15, -0.1) is 0 Å². The molecule has 1 unspecified atom stereocenters. The normalized spacial score (nSPS) is 19.1. The summed E-state index contributed by atoms with van der Waals surface area (Å²) in [5.74, 6) is -0.380. The third-order valence-electron chi connectivity index (χ3n) is 4.62. The Bertz CT molecular complexity index is 461. The van der Waals surface area contributed by atoms with Crippen LogP contribution in [0.15, 0.2) is 18.2 Å². The first-order valence-electron chi connectivity index (χ1n) is 7.66. The van der Waals surface area contributed by atoms with E-state index in [1.165, 1.54) is 6.07 Å². The molecule has 21 heavy (non-hydrogen) atoms. The van der Waals surface area contributed by atoms with Gasteiger partial charge in [0.1, 0.15) is 5.82 Å². The van der Waals surface area contributed by atoms with Crippen molar-refractivity contribution >= 4 is 11.6 Å². The molecule has 0 spiro atoms. The molecule has 1 saturated heterocycles. The smallest absolute Gasteiger partial charge is 0.141 e. The molecule has 1 aromatic rings. The number of piperidine rings is 1. The van der Waals surface area contributed by atoms with E-state index in [1.54, 1.807) is 12.1 Å². The average molecular weight is 314 g/mol. The molecule has 1 fully saturated rings. The Labute approximate surface area is 131 Å². The van der Waals surface area contributed by atoms with E-state index in [4.69, 9.17) is 17.3 Å². The van der Waals surface area contributed by atoms with Gasteiger partial charge < -0.3 is 10.6 Å². The molecule has 0 aromatic heterocycles. The second-order valence-corrected chi connectivity index (χ2v) is 6.16. The zero-order chi connectivity index (χ0) is 15.4. The predicted octanol–water partition coefficient (Wildman–Crippen LogP) is 2.90. The number of nitrogens with zero attached hydrogens (tertiary/aromatic N) is 2. The molecule has 5 heteroatoms. The maximum absolute atomic E-state index is 13.3. The van der Waals surface area contributed by atoms with Crippen LogP contribution < -0.4 is 5.73 Å². The van der Waals surface area contributed by atoms with Crippen molar-refractivity contribution in [2.24, 2.45) is 5.73 Å². The van der Waals surface area contributed by atoms with Gasteiger partial charge in [-0.25, -0.2) is 4.39 Å². The number of hydrogen-bond acceptors (Lipinski definition) is 3.